The fraction of sp³-hybridized carbons (Fsp3) is 0. The average molecular weight is 343 g/mol. The van der Waals surface area contributed by atoms with Crippen molar-refractivity contribution in [1.29, 1.82) is 0 Å². The summed E-state index contributed by atoms with van der Waals surface area (Å²) in [5.41, 5.74) is -2.83. The lowest BCUT2D eigenvalue weighted by molar-refractivity contribution is 1.54. The lowest BCUT2D eigenvalue weighted by Crippen LogP contribution is -2.25. The van der Waals surface area contributed by atoms with Crippen LogP contribution in [0.15, 0.2) is 66.1 Å². The standard InChI is InChI=1S/C16H7BrO4/c17-12-6-10-5-11(7-12)16(21)14(19)9-3-1-2-8(4-9)13(18)15(10)20/h1-7H. The van der Waals surface area contributed by atoms with E-state index in [2.05, 4.69) is 15.9 Å². The van der Waals surface area contributed by atoms with Gasteiger partial charge in [-0.05, 0) is 24.3 Å². The Kier molecular flexibility index (Phi) is 3.14. The molecule has 0 amide bonds. The number of hydrogen-bond donors (Lipinski definition) is 0. The Morgan fingerprint density at radius 3 is 1.43 bits per heavy atom. The van der Waals surface area contributed by atoms with Gasteiger partial charge >= 0.3 is 0 Å². The van der Waals surface area contributed by atoms with Crippen molar-refractivity contribution in [3.63, 3.8) is 0 Å². The summed E-state index contributed by atoms with van der Waals surface area (Å²) in [6, 6.07) is 9.83. The molecule has 0 saturated heterocycles. The SMILES string of the molecule is O=c1c(=O)c2cc(Br)cc(c2)c(=O)c(=O)c2cccc1c2. The summed E-state index contributed by atoms with van der Waals surface area (Å²) in [5.74, 6) is 0. The Morgan fingerprint density at radius 2 is 0.952 bits per heavy atom. The Morgan fingerprint density at radius 1 is 0.571 bits per heavy atom. The van der Waals surface area contributed by atoms with E-state index in [1.165, 1.54) is 42.5 Å². The lowest BCUT2D eigenvalue weighted by atomic mass is 10.1. The molecule has 0 saturated carbocycles. The topological polar surface area (TPSA) is 68.3 Å². The van der Waals surface area contributed by atoms with Crippen molar-refractivity contribution in [2.24, 2.45) is 0 Å². The van der Waals surface area contributed by atoms with Gasteiger partial charge in [0.2, 0.25) is 21.7 Å². The molecule has 0 N–H and O–H groups in total. The van der Waals surface area contributed by atoms with Crippen LogP contribution < -0.4 is 21.7 Å². The third-order valence-corrected chi connectivity index (χ3v) is 3.68. The van der Waals surface area contributed by atoms with Crippen molar-refractivity contribution in [2.75, 3.05) is 0 Å². The molecule has 0 atom stereocenters. The van der Waals surface area contributed by atoms with E-state index in [1.807, 2.05) is 0 Å². The molecule has 0 fully saturated rings. The highest BCUT2D eigenvalue weighted by Crippen LogP contribution is 2.13. The highest BCUT2D eigenvalue weighted by molar-refractivity contribution is 9.10. The molecule has 4 bridgehead atoms. The molecule has 102 valence electrons. The average Bonchev–Trinajstić information content (AvgIpc) is 2.50. The summed E-state index contributed by atoms with van der Waals surface area (Å²) in [4.78, 5) is 48.8. The second-order valence-corrected chi connectivity index (χ2v) is 5.54. The fourth-order valence-electron chi connectivity index (χ4n) is 2.18. The highest BCUT2D eigenvalue weighted by Gasteiger charge is 2.05. The van der Waals surface area contributed by atoms with Crippen LogP contribution in [0.4, 0.5) is 0 Å². The van der Waals surface area contributed by atoms with Gasteiger partial charge in [-0.1, -0.05) is 34.1 Å². The molecule has 21 heavy (non-hydrogen) atoms. The van der Waals surface area contributed by atoms with Crippen molar-refractivity contribution in [3.05, 3.63) is 87.8 Å². The number of halogens is 1. The smallest absolute Gasteiger partial charge is 0.233 e. The number of rotatable bonds is 0. The third kappa shape index (κ3) is 2.25. The Bertz CT molecular complexity index is 1040. The van der Waals surface area contributed by atoms with E-state index in [0.717, 1.165) is 0 Å². The van der Waals surface area contributed by atoms with E-state index in [9.17, 15) is 19.2 Å². The molecule has 5 heteroatoms. The third-order valence-electron chi connectivity index (χ3n) is 3.22. The number of benzene rings is 2. The van der Waals surface area contributed by atoms with Crippen molar-refractivity contribution >= 4 is 37.5 Å². The maximum atomic E-state index is 12.2. The van der Waals surface area contributed by atoms with Crippen molar-refractivity contribution < 1.29 is 0 Å². The van der Waals surface area contributed by atoms with Gasteiger partial charge in [-0.3, -0.25) is 19.2 Å². The minimum absolute atomic E-state index is 0.0813. The molecule has 0 heterocycles. The van der Waals surface area contributed by atoms with E-state index in [4.69, 9.17) is 0 Å². The number of hydrogen-bond acceptors (Lipinski definition) is 4. The largest absolute Gasteiger partial charge is 0.285 e. The molecule has 3 aromatic rings. The zero-order chi connectivity index (χ0) is 15.1. The van der Waals surface area contributed by atoms with Gasteiger partial charge in [0.15, 0.2) is 0 Å². The molecular weight excluding hydrogens is 336 g/mol. The van der Waals surface area contributed by atoms with Gasteiger partial charge in [-0.15, -0.1) is 0 Å². The van der Waals surface area contributed by atoms with Crippen LogP contribution in [0, 0.1) is 0 Å². The minimum Gasteiger partial charge on any atom is -0.285 e. The summed E-state index contributed by atoms with van der Waals surface area (Å²) < 4.78 is 0.460. The van der Waals surface area contributed by atoms with Gasteiger partial charge in [0.1, 0.15) is 0 Å². The lowest BCUT2D eigenvalue weighted by Gasteiger charge is -1.94. The second kappa shape index (κ2) is 4.86. The van der Waals surface area contributed by atoms with Crippen LogP contribution in [0.1, 0.15) is 0 Å². The fourth-order valence-corrected chi connectivity index (χ4v) is 2.67. The van der Waals surface area contributed by atoms with Gasteiger partial charge in [-0.2, -0.15) is 0 Å². The summed E-state index contributed by atoms with van der Waals surface area (Å²) in [6.45, 7) is 0. The van der Waals surface area contributed by atoms with Gasteiger partial charge < -0.3 is 0 Å². The first-order valence-corrected chi connectivity index (χ1v) is 6.85. The molecule has 0 aromatic heterocycles. The van der Waals surface area contributed by atoms with Gasteiger partial charge in [0.25, 0.3) is 0 Å². The quantitative estimate of drug-likeness (QED) is 0.582. The maximum Gasteiger partial charge on any atom is 0.233 e. The zero-order valence-corrected chi connectivity index (χ0v) is 12.1. The predicted molar refractivity (Wildman–Crippen MR) is 85.4 cm³/mol. The Balaban J connectivity index is 2.85. The van der Waals surface area contributed by atoms with E-state index >= 15 is 0 Å². The first-order chi connectivity index (χ1) is 9.97. The Hall–Kier alpha value is -2.40. The predicted octanol–water partition coefficient (Wildman–Crippen LogP) is 1.63. The molecular formula is C16H7BrO4. The van der Waals surface area contributed by atoms with Crippen LogP contribution >= 0.6 is 15.9 Å². The number of fused-ring (bicyclic) bond motifs is 4. The summed E-state index contributed by atoms with van der Waals surface area (Å²) in [7, 11) is 0. The Labute approximate surface area is 125 Å². The molecule has 0 spiro atoms. The summed E-state index contributed by atoms with van der Waals surface area (Å²) >= 11 is 3.18. The van der Waals surface area contributed by atoms with Crippen molar-refractivity contribution in [1.82, 2.24) is 0 Å². The highest BCUT2D eigenvalue weighted by atomic mass is 79.9. The monoisotopic (exact) mass is 342 g/mol. The molecule has 0 unspecified atom stereocenters. The summed E-state index contributed by atoms with van der Waals surface area (Å²) in [5, 5.41) is 0.361. The van der Waals surface area contributed by atoms with Crippen LogP contribution in [0.2, 0.25) is 0 Å². The van der Waals surface area contributed by atoms with Gasteiger partial charge in [-0.25, -0.2) is 0 Å². The molecule has 0 aliphatic heterocycles. The maximum absolute atomic E-state index is 12.2. The van der Waals surface area contributed by atoms with E-state index < -0.39 is 21.7 Å². The van der Waals surface area contributed by atoms with Crippen LogP contribution in [-0.4, -0.2) is 0 Å². The molecule has 0 radical (unpaired) electrons. The van der Waals surface area contributed by atoms with E-state index in [0.29, 0.717) is 4.47 Å². The van der Waals surface area contributed by atoms with Gasteiger partial charge in [0.05, 0.1) is 0 Å². The zero-order valence-electron chi connectivity index (χ0n) is 10.6. The minimum atomic E-state index is -0.711. The molecule has 0 aliphatic carbocycles. The molecule has 4 nitrogen and oxygen atoms in total. The first kappa shape index (κ1) is 13.6. The van der Waals surface area contributed by atoms with Crippen molar-refractivity contribution in [3.8, 4) is 0 Å². The van der Waals surface area contributed by atoms with E-state index in [1.54, 1.807) is 0 Å². The van der Waals surface area contributed by atoms with Gasteiger partial charge in [0, 0.05) is 26.0 Å². The van der Waals surface area contributed by atoms with Crippen LogP contribution in [-0.2, 0) is 0 Å². The van der Waals surface area contributed by atoms with Crippen LogP contribution in [0.5, 0.6) is 0 Å². The molecule has 0 aliphatic rings. The summed E-state index contributed by atoms with van der Waals surface area (Å²) in [6.07, 6.45) is 0. The van der Waals surface area contributed by atoms with Crippen molar-refractivity contribution in [2.45, 2.75) is 0 Å². The second-order valence-electron chi connectivity index (χ2n) is 4.63. The normalized spacial score (nSPS) is 10.9. The first-order valence-electron chi connectivity index (χ1n) is 6.06. The van der Waals surface area contributed by atoms with E-state index in [-0.39, 0.29) is 21.5 Å². The van der Waals surface area contributed by atoms with Crippen LogP contribution in [0.25, 0.3) is 21.5 Å². The molecule has 3 aromatic carbocycles. The van der Waals surface area contributed by atoms with Crippen LogP contribution in [0.3, 0.4) is 0 Å². The molecule has 3 rings (SSSR count).